The van der Waals surface area contributed by atoms with E-state index >= 15 is 0 Å². The largest absolute Gasteiger partial charge is 0.399 e. The molecule has 1 aliphatic rings. The second-order valence-electron chi connectivity index (χ2n) is 5.29. The lowest BCUT2D eigenvalue weighted by Gasteiger charge is -2.02. The number of benzene rings is 1. The molecule has 0 saturated heterocycles. The van der Waals surface area contributed by atoms with Crippen LogP contribution in [0.5, 0.6) is 0 Å². The molecule has 22 heavy (non-hydrogen) atoms. The first-order chi connectivity index (χ1) is 10.6. The van der Waals surface area contributed by atoms with Crippen molar-refractivity contribution in [3.63, 3.8) is 0 Å². The molecule has 0 radical (unpaired) electrons. The summed E-state index contributed by atoms with van der Waals surface area (Å²) in [5, 5.41) is 4.81. The van der Waals surface area contributed by atoms with E-state index in [9.17, 15) is 4.79 Å². The van der Waals surface area contributed by atoms with Gasteiger partial charge in [0.1, 0.15) is 0 Å². The minimum atomic E-state index is -0.264. The summed E-state index contributed by atoms with van der Waals surface area (Å²) in [5.41, 5.74) is 13.9. The van der Waals surface area contributed by atoms with Gasteiger partial charge in [0.15, 0.2) is 0 Å². The van der Waals surface area contributed by atoms with E-state index in [1.807, 2.05) is 25.1 Å². The average molecular weight is 291 g/mol. The van der Waals surface area contributed by atoms with Gasteiger partial charge < -0.3 is 10.7 Å². The second kappa shape index (κ2) is 4.42. The highest BCUT2D eigenvalue weighted by Gasteiger charge is 2.21. The number of nitrogen functional groups attached to an aromatic ring is 1. The molecule has 0 saturated carbocycles. The second-order valence-corrected chi connectivity index (χ2v) is 5.29. The number of anilines is 1. The van der Waals surface area contributed by atoms with Gasteiger partial charge in [0.05, 0.1) is 17.5 Å². The van der Waals surface area contributed by atoms with Crippen LogP contribution in [0.25, 0.3) is 22.2 Å². The first kappa shape index (κ1) is 12.6. The predicted octanol–water partition coefficient (Wildman–Crippen LogP) is 2.20. The number of aryl methyl sites for hydroxylation is 1. The standard InChI is InChI=1S/C16H13N5O/c1-8-2-3-9(6-18-8)15-12-7-19-21-16(22)11-4-10(17)5-13(20-15)14(11)12/h2-7,20H,17H2,1H3,(H,21,22). The van der Waals surface area contributed by atoms with E-state index in [2.05, 4.69) is 20.5 Å². The number of aromatic amines is 1. The Kier molecular flexibility index (Phi) is 2.53. The first-order valence-corrected chi connectivity index (χ1v) is 6.85. The smallest absolute Gasteiger partial charge is 0.272 e. The number of hydrazone groups is 1. The number of H-pyrrole nitrogens is 1. The Balaban J connectivity index is 2.08. The van der Waals surface area contributed by atoms with Crippen LogP contribution in [0, 0.1) is 6.92 Å². The van der Waals surface area contributed by atoms with Crippen molar-refractivity contribution in [2.75, 3.05) is 5.73 Å². The Labute approximate surface area is 126 Å². The van der Waals surface area contributed by atoms with E-state index < -0.39 is 0 Å². The lowest BCUT2D eigenvalue weighted by molar-refractivity contribution is 0.0957. The zero-order valence-corrected chi connectivity index (χ0v) is 11.8. The minimum absolute atomic E-state index is 0.264. The number of carbonyl (C=O) groups is 1. The molecule has 0 aliphatic carbocycles. The topological polar surface area (TPSA) is 96.2 Å². The van der Waals surface area contributed by atoms with Crippen LogP contribution in [0.4, 0.5) is 5.69 Å². The monoisotopic (exact) mass is 291 g/mol. The van der Waals surface area contributed by atoms with Crippen LogP contribution in [-0.2, 0) is 0 Å². The summed E-state index contributed by atoms with van der Waals surface area (Å²) in [5.74, 6) is -0.264. The fourth-order valence-electron chi connectivity index (χ4n) is 2.75. The van der Waals surface area contributed by atoms with Gasteiger partial charge in [-0.05, 0) is 31.2 Å². The third kappa shape index (κ3) is 1.77. The molecule has 3 aromatic rings. The third-order valence-electron chi connectivity index (χ3n) is 3.76. The normalized spacial score (nSPS) is 13.2. The molecular weight excluding hydrogens is 278 g/mol. The number of pyridine rings is 1. The molecule has 108 valence electrons. The third-order valence-corrected chi connectivity index (χ3v) is 3.76. The van der Waals surface area contributed by atoms with Crippen molar-refractivity contribution in [3.8, 4) is 11.3 Å². The van der Waals surface area contributed by atoms with Crippen molar-refractivity contribution >= 4 is 28.7 Å². The van der Waals surface area contributed by atoms with Crippen molar-refractivity contribution in [3.05, 3.63) is 47.3 Å². The molecule has 3 heterocycles. The van der Waals surface area contributed by atoms with E-state index in [4.69, 9.17) is 5.73 Å². The predicted molar refractivity (Wildman–Crippen MR) is 85.7 cm³/mol. The maximum atomic E-state index is 12.1. The Morgan fingerprint density at radius 2 is 2.09 bits per heavy atom. The van der Waals surface area contributed by atoms with Crippen LogP contribution < -0.4 is 11.2 Å². The number of aromatic nitrogens is 2. The number of amides is 1. The number of hydrogen-bond donors (Lipinski definition) is 3. The molecule has 0 spiro atoms. The SMILES string of the molecule is Cc1ccc(-c2[nH]c3cc(N)cc4c3c2C=NNC4=O)cn1. The summed E-state index contributed by atoms with van der Waals surface area (Å²) in [4.78, 5) is 19.8. The highest BCUT2D eigenvalue weighted by molar-refractivity contribution is 6.17. The molecule has 1 amide bonds. The van der Waals surface area contributed by atoms with Crippen LogP contribution >= 0.6 is 0 Å². The molecule has 1 aromatic carbocycles. The van der Waals surface area contributed by atoms with Crippen LogP contribution in [0.2, 0.25) is 0 Å². The quantitative estimate of drug-likeness (QED) is 0.600. The highest BCUT2D eigenvalue weighted by Crippen LogP contribution is 2.33. The Morgan fingerprint density at radius 1 is 1.23 bits per heavy atom. The molecule has 6 heteroatoms. The molecular formula is C16H13N5O. The Morgan fingerprint density at radius 3 is 2.86 bits per heavy atom. The lowest BCUT2D eigenvalue weighted by Crippen LogP contribution is -2.16. The van der Waals surface area contributed by atoms with Gasteiger partial charge in [-0.2, -0.15) is 5.10 Å². The van der Waals surface area contributed by atoms with E-state index in [1.165, 1.54) is 0 Å². The molecule has 6 nitrogen and oxygen atoms in total. The number of nitrogens with zero attached hydrogens (tertiary/aromatic N) is 2. The Hall–Kier alpha value is -3.15. The summed E-state index contributed by atoms with van der Waals surface area (Å²) in [6, 6.07) is 7.42. The van der Waals surface area contributed by atoms with Gasteiger partial charge in [-0.25, -0.2) is 5.43 Å². The number of rotatable bonds is 1. The van der Waals surface area contributed by atoms with Crippen LogP contribution in [-0.4, -0.2) is 22.1 Å². The summed E-state index contributed by atoms with van der Waals surface area (Å²) in [6.07, 6.45) is 3.45. The number of nitrogens with two attached hydrogens (primary N) is 1. The Bertz CT molecular complexity index is 937. The van der Waals surface area contributed by atoms with Gasteiger partial charge in [-0.15, -0.1) is 0 Å². The van der Waals surface area contributed by atoms with Gasteiger partial charge in [0.25, 0.3) is 5.91 Å². The highest BCUT2D eigenvalue weighted by atomic mass is 16.2. The molecule has 4 rings (SSSR count). The van der Waals surface area contributed by atoms with Gasteiger partial charge >= 0.3 is 0 Å². The fourth-order valence-corrected chi connectivity index (χ4v) is 2.75. The van der Waals surface area contributed by atoms with E-state index in [0.29, 0.717) is 11.3 Å². The summed E-state index contributed by atoms with van der Waals surface area (Å²) >= 11 is 0. The van der Waals surface area contributed by atoms with E-state index in [-0.39, 0.29) is 5.91 Å². The van der Waals surface area contributed by atoms with Crippen molar-refractivity contribution in [2.45, 2.75) is 6.92 Å². The van der Waals surface area contributed by atoms with Crippen molar-refractivity contribution in [1.82, 2.24) is 15.4 Å². The zero-order chi connectivity index (χ0) is 15.3. The van der Waals surface area contributed by atoms with Crippen LogP contribution in [0.1, 0.15) is 21.6 Å². The summed E-state index contributed by atoms with van der Waals surface area (Å²) in [6.45, 7) is 1.94. The van der Waals surface area contributed by atoms with Gasteiger partial charge in [0.2, 0.25) is 0 Å². The molecule has 0 bridgehead atoms. The van der Waals surface area contributed by atoms with Crippen molar-refractivity contribution in [2.24, 2.45) is 5.10 Å². The molecule has 4 N–H and O–H groups in total. The van der Waals surface area contributed by atoms with Crippen LogP contribution in [0.15, 0.2) is 35.6 Å². The fraction of sp³-hybridized carbons (Fsp3) is 0.0625. The van der Waals surface area contributed by atoms with Gasteiger partial charge in [0, 0.05) is 39.6 Å². The maximum absolute atomic E-state index is 12.1. The average Bonchev–Trinajstić information content (AvgIpc) is 2.76. The van der Waals surface area contributed by atoms with Gasteiger partial charge in [-0.3, -0.25) is 9.78 Å². The lowest BCUT2D eigenvalue weighted by atomic mass is 10.0. The zero-order valence-electron chi connectivity index (χ0n) is 11.8. The molecule has 0 atom stereocenters. The first-order valence-electron chi connectivity index (χ1n) is 6.85. The molecule has 0 unspecified atom stereocenters. The number of carbonyl (C=O) groups excluding carboxylic acids is 1. The van der Waals surface area contributed by atoms with Crippen LogP contribution in [0.3, 0.4) is 0 Å². The minimum Gasteiger partial charge on any atom is -0.399 e. The molecule has 0 fully saturated rings. The summed E-state index contributed by atoms with van der Waals surface area (Å²) in [7, 11) is 0. The summed E-state index contributed by atoms with van der Waals surface area (Å²) < 4.78 is 0. The van der Waals surface area contributed by atoms with Crippen molar-refractivity contribution in [1.29, 1.82) is 0 Å². The molecule has 2 aromatic heterocycles. The van der Waals surface area contributed by atoms with Gasteiger partial charge in [-0.1, -0.05) is 0 Å². The van der Waals surface area contributed by atoms with Crippen molar-refractivity contribution < 1.29 is 4.79 Å². The van der Waals surface area contributed by atoms with E-state index in [0.717, 1.165) is 33.4 Å². The molecule has 1 aliphatic heterocycles. The van der Waals surface area contributed by atoms with E-state index in [1.54, 1.807) is 18.5 Å². The number of hydrogen-bond acceptors (Lipinski definition) is 4. The number of nitrogens with one attached hydrogen (secondary N) is 2. The maximum Gasteiger partial charge on any atom is 0.272 e.